The van der Waals surface area contributed by atoms with Crippen molar-refractivity contribution >= 4 is 23.1 Å². The van der Waals surface area contributed by atoms with Crippen LogP contribution < -0.4 is 5.73 Å². The number of fused-ring (bicyclic) bond motifs is 1. The lowest BCUT2D eigenvalue weighted by atomic mass is 10.1. The third-order valence-electron chi connectivity index (χ3n) is 3.22. The molecule has 0 fully saturated rings. The number of nitrogens with two attached hydrogens (primary N) is 1. The molecule has 1 aliphatic heterocycles. The molecule has 1 amide bonds. The van der Waals surface area contributed by atoms with Crippen molar-refractivity contribution in [1.29, 1.82) is 0 Å². The van der Waals surface area contributed by atoms with Gasteiger partial charge < -0.3 is 10.6 Å². The van der Waals surface area contributed by atoms with Gasteiger partial charge in [0, 0.05) is 17.0 Å². The monoisotopic (exact) mass is 262 g/mol. The second-order valence-corrected chi connectivity index (χ2v) is 5.42. The lowest BCUT2D eigenvalue weighted by Crippen LogP contribution is -2.36. The number of anilines is 1. The van der Waals surface area contributed by atoms with Crippen LogP contribution in [0, 0.1) is 0 Å². The van der Waals surface area contributed by atoms with Gasteiger partial charge in [-0.1, -0.05) is 6.07 Å². The van der Waals surface area contributed by atoms with E-state index in [0.717, 1.165) is 29.1 Å². The van der Waals surface area contributed by atoms with Crippen molar-refractivity contribution in [1.82, 2.24) is 15.1 Å². The summed E-state index contributed by atoms with van der Waals surface area (Å²) < 4.78 is 0. The van der Waals surface area contributed by atoms with E-state index in [-0.39, 0.29) is 5.91 Å². The fraction of sp³-hybridized carbons (Fsp3) is 0.333. The van der Waals surface area contributed by atoms with E-state index in [0.29, 0.717) is 18.8 Å². The molecule has 0 unspecified atom stereocenters. The minimum Gasteiger partial charge on any atom is -0.382 e. The number of carbonyl (C=O) groups is 1. The maximum atomic E-state index is 12.1. The highest BCUT2D eigenvalue weighted by molar-refractivity contribution is 7.10. The number of nitrogen functional groups attached to an aromatic ring is 1. The molecular weight excluding hydrogens is 248 g/mol. The number of thiophene rings is 1. The average molecular weight is 262 g/mol. The predicted octanol–water partition coefficient (Wildman–Crippen LogP) is 1.18. The maximum Gasteiger partial charge on any atom is 0.228 e. The molecule has 0 saturated heterocycles. The van der Waals surface area contributed by atoms with Gasteiger partial charge in [0.1, 0.15) is 5.82 Å². The number of nitrogens with zero attached hydrogens (tertiary/aromatic N) is 2. The summed E-state index contributed by atoms with van der Waals surface area (Å²) in [6.45, 7) is 1.31. The Hall–Kier alpha value is -1.82. The standard InChI is InChI=1S/C12H14N4OS/c13-12-9-3-4-16(7-10(9)14-15-12)11(17)6-8-2-1-5-18-8/h1-2,5H,3-4,6-7H2,(H3,13,14,15). The molecule has 1 aliphatic rings. The summed E-state index contributed by atoms with van der Waals surface area (Å²) in [6.07, 6.45) is 1.27. The van der Waals surface area contributed by atoms with E-state index in [4.69, 9.17) is 5.73 Å². The van der Waals surface area contributed by atoms with Crippen molar-refractivity contribution in [2.75, 3.05) is 12.3 Å². The quantitative estimate of drug-likeness (QED) is 0.853. The number of hydrogen-bond donors (Lipinski definition) is 2. The Balaban J connectivity index is 1.70. The molecule has 0 radical (unpaired) electrons. The lowest BCUT2D eigenvalue weighted by Gasteiger charge is -2.26. The molecule has 5 nitrogen and oxygen atoms in total. The van der Waals surface area contributed by atoms with Crippen LogP contribution in [0.15, 0.2) is 17.5 Å². The highest BCUT2D eigenvalue weighted by Gasteiger charge is 2.24. The first-order valence-electron chi connectivity index (χ1n) is 5.86. The van der Waals surface area contributed by atoms with Gasteiger partial charge in [0.15, 0.2) is 0 Å². The number of H-pyrrole nitrogens is 1. The van der Waals surface area contributed by atoms with Gasteiger partial charge in [-0.25, -0.2) is 0 Å². The van der Waals surface area contributed by atoms with E-state index in [9.17, 15) is 4.79 Å². The number of rotatable bonds is 2. The highest BCUT2D eigenvalue weighted by atomic mass is 32.1. The maximum absolute atomic E-state index is 12.1. The number of carbonyl (C=O) groups excluding carboxylic acids is 1. The van der Waals surface area contributed by atoms with Gasteiger partial charge in [-0.05, 0) is 17.9 Å². The Morgan fingerprint density at radius 3 is 3.28 bits per heavy atom. The van der Waals surface area contributed by atoms with Gasteiger partial charge in [0.05, 0.1) is 18.7 Å². The fourth-order valence-corrected chi connectivity index (χ4v) is 2.93. The Morgan fingerprint density at radius 2 is 2.50 bits per heavy atom. The van der Waals surface area contributed by atoms with Gasteiger partial charge in [-0.3, -0.25) is 9.89 Å². The predicted molar refractivity (Wildman–Crippen MR) is 70.1 cm³/mol. The van der Waals surface area contributed by atoms with Crippen LogP contribution >= 0.6 is 11.3 Å². The summed E-state index contributed by atoms with van der Waals surface area (Å²) >= 11 is 1.62. The Labute approximate surface area is 109 Å². The molecular formula is C12H14N4OS. The number of amides is 1. The number of aromatic nitrogens is 2. The van der Waals surface area contributed by atoms with Crippen molar-refractivity contribution in [2.45, 2.75) is 19.4 Å². The molecule has 0 bridgehead atoms. The Kier molecular flexibility index (Phi) is 2.79. The highest BCUT2D eigenvalue weighted by Crippen LogP contribution is 2.22. The molecule has 3 heterocycles. The zero-order valence-electron chi connectivity index (χ0n) is 9.85. The number of hydrogen-bond acceptors (Lipinski definition) is 4. The molecule has 2 aromatic heterocycles. The molecule has 3 N–H and O–H groups in total. The van der Waals surface area contributed by atoms with Crippen LogP contribution in [0.5, 0.6) is 0 Å². The molecule has 0 saturated carbocycles. The molecule has 0 aromatic carbocycles. The SMILES string of the molecule is Nc1n[nH]c2c1CCN(C(=O)Cc1cccs1)C2. The third kappa shape index (κ3) is 1.99. The summed E-state index contributed by atoms with van der Waals surface area (Å²) in [7, 11) is 0. The van der Waals surface area contributed by atoms with Crippen LogP contribution in [-0.2, 0) is 24.2 Å². The molecule has 0 spiro atoms. The molecule has 0 aliphatic carbocycles. The zero-order valence-corrected chi connectivity index (χ0v) is 10.7. The lowest BCUT2D eigenvalue weighted by molar-refractivity contribution is -0.131. The minimum atomic E-state index is 0.163. The molecule has 94 valence electrons. The largest absolute Gasteiger partial charge is 0.382 e. The molecule has 2 aromatic rings. The molecule has 18 heavy (non-hydrogen) atoms. The number of nitrogens with one attached hydrogen (secondary N) is 1. The smallest absolute Gasteiger partial charge is 0.228 e. The van der Waals surface area contributed by atoms with Crippen molar-refractivity contribution in [3.8, 4) is 0 Å². The minimum absolute atomic E-state index is 0.163. The van der Waals surface area contributed by atoms with E-state index in [1.807, 2.05) is 22.4 Å². The van der Waals surface area contributed by atoms with Crippen LogP contribution in [0.2, 0.25) is 0 Å². The first-order chi connectivity index (χ1) is 8.74. The second-order valence-electron chi connectivity index (χ2n) is 4.39. The van der Waals surface area contributed by atoms with Crippen LogP contribution in [0.1, 0.15) is 16.1 Å². The second kappa shape index (κ2) is 4.45. The topological polar surface area (TPSA) is 75.0 Å². The normalized spacial score (nSPS) is 14.6. The summed E-state index contributed by atoms with van der Waals surface area (Å²) in [5.41, 5.74) is 7.78. The molecule has 0 atom stereocenters. The summed E-state index contributed by atoms with van der Waals surface area (Å²) in [6, 6.07) is 3.96. The molecule has 6 heteroatoms. The van der Waals surface area contributed by atoms with Crippen LogP contribution in [0.25, 0.3) is 0 Å². The number of aromatic amines is 1. The van der Waals surface area contributed by atoms with Gasteiger partial charge in [-0.15, -0.1) is 11.3 Å². The first-order valence-corrected chi connectivity index (χ1v) is 6.74. The first kappa shape index (κ1) is 11.3. The van der Waals surface area contributed by atoms with E-state index in [2.05, 4.69) is 10.2 Å². The van der Waals surface area contributed by atoms with Crippen LogP contribution in [-0.4, -0.2) is 27.5 Å². The fourth-order valence-electron chi connectivity index (χ4n) is 2.23. The van der Waals surface area contributed by atoms with E-state index < -0.39 is 0 Å². The zero-order chi connectivity index (χ0) is 12.5. The summed E-state index contributed by atoms with van der Waals surface area (Å²) in [5, 5.41) is 8.88. The third-order valence-corrected chi connectivity index (χ3v) is 4.10. The van der Waals surface area contributed by atoms with Crippen molar-refractivity contribution in [3.05, 3.63) is 33.6 Å². The van der Waals surface area contributed by atoms with E-state index >= 15 is 0 Å². The van der Waals surface area contributed by atoms with E-state index in [1.165, 1.54) is 0 Å². The van der Waals surface area contributed by atoms with Crippen LogP contribution in [0.4, 0.5) is 5.82 Å². The van der Waals surface area contributed by atoms with E-state index in [1.54, 1.807) is 11.3 Å². The molecule has 3 rings (SSSR count). The average Bonchev–Trinajstić information content (AvgIpc) is 2.99. The summed E-state index contributed by atoms with van der Waals surface area (Å²) in [5.74, 6) is 0.728. The summed E-state index contributed by atoms with van der Waals surface area (Å²) in [4.78, 5) is 15.1. The van der Waals surface area contributed by atoms with Gasteiger partial charge >= 0.3 is 0 Å². The van der Waals surface area contributed by atoms with Crippen LogP contribution in [0.3, 0.4) is 0 Å². The Bertz CT molecular complexity index is 561. The van der Waals surface area contributed by atoms with Crippen molar-refractivity contribution in [2.24, 2.45) is 0 Å². The van der Waals surface area contributed by atoms with Gasteiger partial charge in [0.2, 0.25) is 5.91 Å². The van der Waals surface area contributed by atoms with Crippen molar-refractivity contribution in [3.63, 3.8) is 0 Å². The van der Waals surface area contributed by atoms with Gasteiger partial charge in [0.25, 0.3) is 0 Å². The van der Waals surface area contributed by atoms with Crippen molar-refractivity contribution < 1.29 is 4.79 Å². The van der Waals surface area contributed by atoms with Gasteiger partial charge in [-0.2, -0.15) is 5.10 Å². The Morgan fingerprint density at radius 1 is 1.61 bits per heavy atom.